The number of aromatic nitrogens is 2. The molecule has 2 nitrogen and oxygen atoms in total. The van der Waals surface area contributed by atoms with E-state index < -0.39 is 0 Å². The van der Waals surface area contributed by atoms with Crippen LogP contribution in [0.2, 0.25) is 0 Å². The highest BCUT2D eigenvalue weighted by atomic mass is 15.0. The Kier molecular flexibility index (Phi) is 19.8. The summed E-state index contributed by atoms with van der Waals surface area (Å²) in [5, 5.41) is 5.33. The van der Waals surface area contributed by atoms with Gasteiger partial charge in [-0.05, 0) is 173 Å². The van der Waals surface area contributed by atoms with Gasteiger partial charge < -0.3 is 9.13 Å². The van der Waals surface area contributed by atoms with Gasteiger partial charge >= 0.3 is 0 Å². The van der Waals surface area contributed by atoms with E-state index in [-0.39, 0.29) is 21.8 Å². The second-order valence-electron chi connectivity index (χ2n) is 37.0. The van der Waals surface area contributed by atoms with Crippen LogP contribution in [0.1, 0.15) is 171 Å². The molecule has 0 saturated carbocycles. The van der Waals surface area contributed by atoms with Gasteiger partial charge in [0.15, 0.2) is 0 Å². The lowest BCUT2D eigenvalue weighted by Crippen LogP contribution is -2.33. The zero-order chi connectivity index (χ0) is 79.5. The molecule has 2 heteroatoms. The molecule has 2 spiro atoms. The van der Waals surface area contributed by atoms with Crippen LogP contribution in [0, 0.1) is 16.2 Å². The molecule has 0 saturated heterocycles. The van der Waals surface area contributed by atoms with Crippen LogP contribution in [0.25, 0.3) is 93.8 Å². The number of rotatable bonds is 2. The highest BCUT2D eigenvalue weighted by Gasteiger charge is 2.53. The van der Waals surface area contributed by atoms with Crippen LogP contribution >= 0.6 is 0 Å². The largest absolute Gasteiger partial charge is 0.335 e. The molecule has 2 aromatic heterocycles. The molecule has 17 aromatic rings. The maximum atomic E-state index is 2.49. The zero-order valence-corrected chi connectivity index (χ0v) is 69.1. The Bertz CT molecular complexity index is 5840. The second-order valence-corrected chi connectivity index (χ2v) is 37.0. The molecule has 564 valence electrons. The molecule has 0 radical (unpaired) electrons. The van der Waals surface area contributed by atoms with Gasteiger partial charge in [0.25, 0.3) is 0 Å². The van der Waals surface area contributed by atoms with Crippen molar-refractivity contribution in [2.75, 3.05) is 0 Å². The molecule has 1 aliphatic heterocycles. The van der Waals surface area contributed by atoms with Gasteiger partial charge in [-0.15, -0.1) is 0 Å². The summed E-state index contributed by atoms with van der Waals surface area (Å²) >= 11 is 0. The molecule has 0 N–H and O–H groups in total. The first-order valence-corrected chi connectivity index (χ1v) is 40.8. The Hall–Kier alpha value is -12.1. The predicted molar refractivity (Wildman–Crippen MR) is 488 cm³/mol. The van der Waals surface area contributed by atoms with E-state index in [0.717, 1.165) is 0 Å². The number of fused-ring (bicyclic) bond motifs is 28. The smallest absolute Gasteiger partial charge is 0.0754 e. The van der Waals surface area contributed by atoms with Gasteiger partial charge in [-0.1, -0.05) is 429 Å². The van der Waals surface area contributed by atoms with Crippen LogP contribution in [0.4, 0.5) is 0 Å². The van der Waals surface area contributed by atoms with Crippen molar-refractivity contribution in [3.63, 3.8) is 0 Å². The monoisotopic (exact) mass is 1480 g/mol. The fraction of sp³-hybridized carbons (Fsp3) is 0.196. The Morgan fingerprint density at radius 3 is 0.719 bits per heavy atom. The van der Waals surface area contributed by atoms with E-state index in [2.05, 4.69) is 483 Å². The summed E-state index contributed by atoms with van der Waals surface area (Å²) < 4.78 is 4.92. The normalized spacial score (nSPS) is 13.8. The summed E-state index contributed by atoms with van der Waals surface area (Å²) in [6.07, 6.45) is 0. The first kappa shape index (κ1) is 75.9. The van der Waals surface area contributed by atoms with E-state index >= 15 is 0 Å². The number of para-hydroxylation sites is 5. The van der Waals surface area contributed by atoms with E-state index in [4.69, 9.17) is 0 Å². The Balaban J connectivity index is 0.000000110. The summed E-state index contributed by atoms with van der Waals surface area (Å²) in [6, 6.07) is 135. The van der Waals surface area contributed by atoms with E-state index in [1.807, 2.05) is 0 Å². The van der Waals surface area contributed by atoms with Crippen LogP contribution in [-0.2, 0) is 21.8 Å². The molecule has 3 heterocycles. The van der Waals surface area contributed by atoms with Gasteiger partial charge in [0.2, 0.25) is 0 Å². The lowest BCUT2D eigenvalue weighted by atomic mass is 9.65. The van der Waals surface area contributed by atoms with E-state index in [1.165, 1.54) is 161 Å². The number of hydrogen-bond donors (Lipinski definition) is 0. The minimum absolute atomic E-state index is 0.0999. The molecule has 114 heavy (non-hydrogen) atoms. The van der Waals surface area contributed by atoms with E-state index in [9.17, 15) is 0 Å². The van der Waals surface area contributed by atoms with Crippen LogP contribution in [0.5, 0.6) is 0 Å². The van der Waals surface area contributed by atoms with Crippen molar-refractivity contribution in [2.45, 2.75) is 126 Å². The van der Waals surface area contributed by atoms with Crippen molar-refractivity contribution in [1.82, 2.24) is 9.13 Å². The average Bonchev–Trinajstić information content (AvgIpc) is 1.50. The molecule has 0 bridgehead atoms. The summed E-state index contributed by atoms with van der Waals surface area (Å²) in [7, 11) is 0. The molecule has 0 amide bonds. The fourth-order valence-electron chi connectivity index (χ4n) is 18.6. The molecular formula is C112H106N2. The maximum Gasteiger partial charge on any atom is 0.0754 e. The lowest BCUT2D eigenvalue weighted by Gasteiger charge is -2.39. The second kappa shape index (κ2) is 29.8. The minimum atomic E-state index is -0.312. The van der Waals surface area contributed by atoms with Crippen molar-refractivity contribution in [2.24, 2.45) is 16.2 Å². The Morgan fingerprint density at radius 2 is 0.404 bits per heavy atom. The number of nitrogens with zero attached hydrogens (tertiary/aromatic N) is 2. The maximum absolute atomic E-state index is 2.49. The van der Waals surface area contributed by atoms with Crippen molar-refractivity contribution >= 4 is 43.6 Å². The predicted octanol–water partition coefficient (Wildman–Crippen LogP) is 30.2. The quantitative estimate of drug-likeness (QED) is 0.163. The first-order valence-electron chi connectivity index (χ1n) is 40.8. The lowest BCUT2D eigenvalue weighted by molar-refractivity contribution is 0.423. The van der Waals surface area contributed by atoms with Gasteiger partial charge in [-0.2, -0.15) is 0 Å². The summed E-state index contributed by atoms with van der Waals surface area (Å²) in [5.41, 5.74) is 34.7. The van der Waals surface area contributed by atoms with Crippen molar-refractivity contribution in [3.05, 3.63) is 437 Å². The van der Waals surface area contributed by atoms with Crippen molar-refractivity contribution < 1.29 is 0 Å². The van der Waals surface area contributed by atoms with Crippen LogP contribution < -0.4 is 0 Å². The van der Waals surface area contributed by atoms with Crippen LogP contribution in [0.15, 0.2) is 370 Å². The molecular weight excluding hydrogens is 1370 g/mol. The van der Waals surface area contributed by atoms with Crippen molar-refractivity contribution in [3.8, 4) is 50.2 Å². The molecule has 0 atom stereocenters. The molecule has 22 rings (SSSR count). The van der Waals surface area contributed by atoms with E-state index in [0.29, 0.717) is 16.2 Å². The van der Waals surface area contributed by atoms with Gasteiger partial charge in [0.1, 0.15) is 0 Å². The minimum Gasteiger partial charge on any atom is -0.335 e. The summed E-state index contributed by atoms with van der Waals surface area (Å²) in [5.74, 6) is 0. The van der Waals surface area contributed by atoms with Crippen LogP contribution in [0.3, 0.4) is 0 Å². The first-order chi connectivity index (χ1) is 54.8. The van der Waals surface area contributed by atoms with Gasteiger partial charge in [0, 0.05) is 38.1 Å². The fourth-order valence-corrected chi connectivity index (χ4v) is 18.6. The van der Waals surface area contributed by atoms with Crippen molar-refractivity contribution in [1.29, 1.82) is 0 Å². The molecule has 0 unspecified atom stereocenters. The highest BCUT2D eigenvalue weighted by molar-refractivity contribution is 6.13. The third kappa shape index (κ3) is 13.2. The van der Waals surface area contributed by atoms with Crippen LogP contribution in [-0.4, -0.2) is 9.13 Å². The molecule has 15 aromatic carbocycles. The Morgan fingerprint density at radius 1 is 0.184 bits per heavy atom. The molecule has 0 fully saturated rings. The third-order valence-electron chi connectivity index (χ3n) is 22.1. The Labute approximate surface area is 677 Å². The third-order valence-corrected chi connectivity index (χ3v) is 22.1. The van der Waals surface area contributed by atoms with Gasteiger partial charge in [-0.3, -0.25) is 0 Å². The van der Waals surface area contributed by atoms with E-state index in [1.54, 1.807) is 0 Å². The van der Waals surface area contributed by atoms with Gasteiger partial charge in [0.05, 0.1) is 33.0 Å². The molecule has 5 aliphatic rings. The van der Waals surface area contributed by atoms with Gasteiger partial charge in [-0.25, -0.2) is 0 Å². The zero-order valence-electron chi connectivity index (χ0n) is 69.1. The summed E-state index contributed by atoms with van der Waals surface area (Å²) in [6.45, 7) is 33.0. The topological polar surface area (TPSA) is 9.86 Å². The number of benzene rings is 15. The molecule has 4 aliphatic carbocycles. The number of hydrogen-bond acceptors (Lipinski definition) is 0. The standard InChI is InChI=1S/C31H19N.C25H16.C25H18.C16H17N.3C5H12/c1-4-14-24-20(10-1)21-11-2-5-15-25(21)31(24)26-16-6-8-19-29(26)32-28-18-7-3-12-22(28)23-13-9-17-27(31)30(23)32;1-5-13-21-17(9-1)18-10-2-6-14-22(18)25(21)23-15-7-3-11-19(23)20-12-4-8-16-24(20)25;1-3-11-19(12-4-1)25(20-13-5-2-6-14-20)23-17-9-7-15-21(23)22-16-8-10-18-24(22)25;1-16(2,3)17-14-10-6-4-8-12(14)13-9-5-7-11-15(13)17;3*1-5(2,3)4/h1-19H;1-16H;1-18H;4-11H,1-3H3;3*1-4H3. The average molecular weight is 1480 g/mol. The SMILES string of the molecule is CC(C)(C)C.CC(C)(C)C.CC(C)(C)C.CC(C)(C)n1c2ccccc2c2ccccc21.c1ccc(C2(c3ccccc3)c3ccccc3-c3ccccc32)cc1.c1ccc2c(c1)-c1ccccc1C21c2ccccc2-c2ccccc21.c1ccc2c(c1)-c1ccccc1C21c2ccccc2-n2c3ccccc3c3cccc1c32. The summed E-state index contributed by atoms with van der Waals surface area (Å²) in [4.78, 5) is 0. The highest BCUT2D eigenvalue weighted by Crippen LogP contribution is 2.64.